The number of para-hydroxylation sites is 1. The van der Waals surface area contributed by atoms with E-state index in [1.165, 1.54) is 4.90 Å². The summed E-state index contributed by atoms with van der Waals surface area (Å²) in [5, 5.41) is 9.16. The molecule has 3 aromatic rings. The first-order chi connectivity index (χ1) is 17.3. The number of amides is 2. The topological polar surface area (TPSA) is 100 Å². The normalized spacial score (nSPS) is 15.2. The molecule has 1 aromatic heterocycles. The predicted molar refractivity (Wildman–Crippen MR) is 133 cm³/mol. The van der Waals surface area contributed by atoms with E-state index in [4.69, 9.17) is 14.3 Å². The molecule has 8 heteroatoms. The van der Waals surface area contributed by atoms with Crippen LogP contribution in [-0.4, -0.2) is 58.4 Å². The number of carbonyl (C=O) groups excluding carboxylic acids is 2. The van der Waals surface area contributed by atoms with E-state index in [1.54, 1.807) is 29.4 Å². The van der Waals surface area contributed by atoms with Crippen LogP contribution >= 0.6 is 0 Å². The second kappa shape index (κ2) is 11.1. The monoisotopic (exact) mass is 490 g/mol. The number of hydrogen-bond acceptors (Lipinski definition) is 5. The Morgan fingerprint density at radius 3 is 2.47 bits per heavy atom. The van der Waals surface area contributed by atoms with Crippen LogP contribution in [0.1, 0.15) is 36.2 Å². The van der Waals surface area contributed by atoms with E-state index in [-0.39, 0.29) is 31.0 Å². The van der Waals surface area contributed by atoms with Crippen LogP contribution < -0.4 is 4.74 Å². The molecule has 1 unspecified atom stereocenters. The molecular formula is C28H30N2O6. The van der Waals surface area contributed by atoms with Gasteiger partial charge in [-0.05, 0) is 50.6 Å². The van der Waals surface area contributed by atoms with E-state index in [0.717, 1.165) is 16.9 Å². The van der Waals surface area contributed by atoms with Crippen molar-refractivity contribution in [1.82, 2.24) is 9.80 Å². The molecule has 0 aliphatic carbocycles. The number of carboxylic acid groups (broad SMARTS) is 1. The summed E-state index contributed by atoms with van der Waals surface area (Å²) in [5.41, 5.74) is 2.24. The number of carboxylic acids is 1. The number of ether oxygens (including phenoxy) is 1. The first kappa shape index (κ1) is 25.0. The predicted octanol–water partition coefficient (Wildman–Crippen LogP) is 4.31. The first-order valence-corrected chi connectivity index (χ1v) is 12.0. The van der Waals surface area contributed by atoms with Crippen LogP contribution in [0.2, 0.25) is 0 Å². The number of nitrogens with zero attached hydrogens (tertiary/aromatic N) is 2. The molecule has 0 bridgehead atoms. The van der Waals surface area contributed by atoms with Gasteiger partial charge in [0.2, 0.25) is 0 Å². The fourth-order valence-corrected chi connectivity index (χ4v) is 4.25. The molecule has 36 heavy (non-hydrogen) atoms. The van der Waals surface area contributed by atoms with Crippen molar-refractivity contribution in [3.63, 3.8) is 0 Å². The minimum absolute atomic E-state index is 0.0745. The number of carbonyl (C=O) groups is 3. The molecule has 2 aromatic carbocycles. The highest BCUT2D eigenvalue weighted by Crippen LogP contribution is 2.25. The molecule has 8 nitrogen and oxygen atoms in total. The highest BCUT2D eigenvalue weighted by atomic mass is 16.5. The highest BCUT2D eigenvalue weighted by molar-refractivity contribution is 5.94. The molecule has 2 amide bonds. The van der Waals surface area contributed by atoms with E-state index in [0.29, 0.717) is 30.8 Å². The quantitative estimate of drug-likeness (QED) is 0.480. The average molecular weight is 491 g/mol. The fraction of sp³-hybridized carbons (Fsp3) is 0.321. The van der Waals surface area contributed by atoms with Gasteiger partial charge in [-0.15, -0.1) is 0 Å². The largest absolute Gasteiger partial charge is 0.483 e. The van der Waals surface area contributed by atoms with Crippen LogP contribution in [0.4, 0.5) is 0 Å². The van der Waals surface area contributed by atoms with Gasteiger partial charge in [-0.2, -0.15) is 0 Å². The van der Waals surface area contributed by atoms with Gasteiger partial charge < -0.3 is 24.1 Å². The molecule has 1 aliphatic rings. The highest BCUT2D eigenvalue weighted by Gasteiger charge is 2.31. The van der Waals surface area contributed by atoms with Crippen LogP contribution in [0.25, 0.3) is 11.3 Å². The lowest BCUT2D eigenvalue weighted by Crippen LogP contribution is -2.36. The number of benzene rings is 2. The summed E-state index contributed by atoms with van der Waals surface area (Å²) in [6.45, 7) is 4.64. The standard InChI is InChI=1S/C28H30N2O6/c1-19(2)30(27(32)21-11-9-20(10-12-21)24-8-5-15-35-24)17-22-6-3-4-7-25(22)36-18-26(31)29-14-13-23(16-29)28(33)34/h3-12,15,19,23H,13-14,16-18H2,1-2H3,(H,33,34). The van der Waals surface area contributed by atoms with Gasteiger partial charge in [-0.1, -0.05) is 30.3 Å². The molecule has 0 spiro atoms. The maximum Gasteiger partial charge on any atom is 0.308 e. The average Bonchev–Trinajstić information content (AvgIpc) is 3.59. The van der Waals surface area contributed by atoms with Gasteiger partial charge in [0.1, 0.15) is 11.5 Å². The molecule has 1 N–H and O–H groups in total. The summed E-state index contributed by atoms with van der Waals surface area (Å²) < 4.78 is 11.3. The van der Waals surface area contributed by atoms with Crippen LogP contribution in [0.5, 0.6) is 5.75 Å². The summed E-state index contributed by atoms with van der Waals surface area (Å²) in [6.07, 6.45) is 2.06. The molecule has 1 saturated heterocycles. The second-order valence-electron chi connectivity index (χ2n) is 9.14. The maximum absolute atomic E-state index is 13.4. The summed E-state index contributed by atoms with van der Waals surface area (Å²) in [5.74, 6) is -0.513. The van der Waals surface area contributed by atoms with Crippen molar-refractivity contribution in [1.29, 1.82) is 0 Å². The number of furan rings is 1. The lowest BCUT2D eigenvalue weighted by atomic mass is 10.1. The molecule has 0 radical (unpaired) electrons. The van der Waals surface area contributed by atoms with Crippen molar-refractivity contribution in [2.45, 2.75) is 32.9 Å². The van der Waals surface area contributed by atoms with Gasteiger partial charge in [0.25, 0.3) is 11.8 Å². The fourth-order valence-electron chi connectivity index (χ4n) is 4.25. The van der Waals surface area contributed by atoms with E-state index in [1.807, 2.05) is 56.3 Å². The number of rotatable bonds is 9. The number of likely N-dealkylation sites (tertiary alicyclic amines) is 1. The third-order valence-electron chi connectivity index (χ3n) is 6.38. The van der Waals surface area contributed by atoms with Gasteiger partial charge in [0, 0.05) is 42.4 Å². The Hall–Kier alpha value is -4.07. The minimum Gasteiger partial charge on any atom is -0.483 e. The third kappa shape index (κ3) is 5.76. The van der Waals surface area contributed by atoms with Gasteiger partial charge in [0.15, 0.2) is 6.61 Å². The zero-order valence-electron chi connectivity index (χ0n) is 20.4. The summed E-state index contributed by atoms with van der Waals surface area (Å²) >= 11 is 0. The van der Waals surface area contributed by atoms with Crippen LogP contribution in [0, 0.1) is 5.92 Å². The third-order valence-corrected chi connectivity index (χ3v) is 6.38. The van der Waals surface area contributed by atoms with Crippen LogP contribution in [-0.2, 0) is 16.1 Å². The van der Waals surface area contributed by atoms with E-state index < -0.39 is 11.9 Å². The van der Waals surface area contributed by atoms with Gasteiger partial charge in [-0.25, -0.2) is 0 Å². The number of hydrogen-bond donors (Lipinski definition) is 1. The zero-order chi connectivity index (χ0) is 25.7. The van der Waals surface area contributed by atoms with Crippen LogP contribution in [0.3, 0.4) is 0 Å². The number of aliphatic carboxylic acids is 1. The van der Waals surface area contributed by atoms with E-state index in [9.17, 15) is 14.4 Å². The molecule has 4 rings (SSSR count). The van der Waals surface area contributed by atoms with Crippen molar-refractivity contribution >= 4 is 17.8 Å². The van der Waals surface area contributed by atoms with Gasteiger partial charge >= 0.3 is 5.97 Å². The Morgan fingerprint density at radius 2 is 1.83 bits per heavy atom. The minimum atomic E-state index is -0.884. The summed E-state index contributed by atoms with van der Waals surface area (Å²) in [6, 6.07) is 18.2. The summed E-state index contributed by atoms with van der Waals surface area (Å²) in [7, 11) is 0. The van der Waals surface area contributed by atoms with Crippen molar-refractivity contribution in [3.05, 3.63) is 78.1 Å². The Labute approximate surface area is 210 Å². The van der Waals surface area contributed by atoms with Crippen LogP contribution in [0.15, 0.2) is 71.3 Å². The Bertz CT molecular complexity index is 1200. The molecule has 1 aliphatic heterocycles. The molecule has 1 fully saturated rings. The van der Waals surface area contributed by atoms with Crippen molar-refractivity contribution in [2.24, 2.45) is 5.92 Å². The molecule has 0 saturated carbocycles. The van der Waals surface area contributed by atoms with Gasteiger partial charge in [0.05, 0.1) is 12.2 Å². The van der Waals surface area contributed by atoms with Crippen molar-refractivity contribution in [2.75, 3.05) is 19.7 Å². The molecular weight excluding hydrogens is 460 g/mol. The van der Waals surface area contributed by atoms with E-state index in [2.05, 4.69) is 0 Å². The second-order valence-corrected chi connectivity index (χ2v) is 9.14. The van der Waals surface area contributed by atoms with E-state index >= 15 is 0 Å². The maximum atomic E-state index is 13.4. The van der Waals surface area contributed by atoms with Crippen molar-refractivity contribution in [3.8, 4) is 17.1 Å². The molecule has 2 heterocycles. The van der Waals surface area contributed by atoms with Crippen molar-refractivity contribution < 1.29 is 28.6 Å². The Morgan fingerprint density at radius 1 is 1.08 bits per heavy atom. The Balaban J connectivity index is 1.43. The SMILES string of the molecule is CC(C)N(Cc1ccccc1OCC(=O)N1CCC(C(=O)O)C1)C(=O)c1ccc(-c2ccco2)cc1. The lowest BCUT2D eigenvalue weighted by Gasteiger charge is -2.28. The van der Waals surface area contributed by atoms with Gasteiger partial charge in [-0.3, -0.25) is 14.4 Å². The zero-order valence-corrected chi connectivity index (χ0v) is 20.4. The Kier molecular flexibility index (Phi) is 7.73. The summed E-state index contributed by atoms with van der Waals surface area (Å²) in [4.78, 5) is 40.4. The molecule has 188 valence electrons. The first-order valence-electron chi connectivity index (χ1n) is 12.0. The lowest BCUT2D eigenvalue weighted by molar-refractivity contribution is -0.141. The molecule has 1 atom stereocenters. The smallest absolute Gasteiger partial charge is 0.308 e.